The second kappa shape index (κ2) is 10.6. The molecule has 0 spiro atoms. The van der Waals surface area contributed by atoms with Crippen molar-refractivity contribution in [3.05, 3.63) is 41.4 Å². The first-order chi connectivity index (χ1) is 18.5. The first kappa shape index (κ1) is 24.7. The molecular weight excluding hydrogens is 506 g/mol. The summed E-state index contributed by atoms with van der Waals surface area (Å²) < 4.78 is 1.59. The Bertz CT molecular complexity index is 1330. The largest absolute Gasteiger partial charge is 0.379 e. The Hall–Kier alpha value is -3.60. The molecule has 0 bridgehead atoms. The summed E-state index contributed by atoms with van der Waals surface area (Å²) in [5.41, 5.74) is 2.31. The zero-order valence-corrected chi connectivity index (χ0v) is 21.8. The van der Waals surface area contributed by atoms with Crippen LogP contribution in [-0.2, 0) is 0 Å². The second-order valence-electron chi connectivity index (χ2n) is 10.6. The smallest absolute Gasteiger partial charge is 0.315 e. The monoisotopic (exact) mass is 537 g/mol. The van der Waals surface area contributed by atoms with E-state index in [0.29, 0.717) is 40.0 Å². The maximum absolute atomic E-state index is 13.1. The molecule has 3 amide bonds. The van der Waals surface area contributed by atoms with Gasteiger partial charge in [-0.2, -0.15) is 0 Å². The quantitative estimate of drug-likeness (QED) is 0.260. The number of nitrogens with one attached hydrogen (secondary N) is 5. The van der Waals surface area contributed by atoms with Gasteiger partial charge in [-0.3, -0.25) is 4.79 Å². The van der Waals surface area contributed by atoms with Gasteiger partial charge in [0.1, 0.15) is 11.0 Å². The fraction of sp³-hybridized carbons (Fsp3) is 0.500. The van der Waals surface area contributed by atoms with E-state index >= 15 is 0 Å². The number of hydrogen-bond donors (Lipinski definition) is 5. The summed E-state index contributed by atoms with van der Waals surface area (Å²) >= 11 is 5.97. The molecule has 200 valence electrons. The van der Waals surface area contributed by atoms with Crippen LogP contribution in [0.15, 0.2) is 30.6 Å². The van der Waals surface area contributed by atoms with Crippen molar-refractivity contribution < 1.29 is 9.59 Å². The average molecular weight is 538 g/mol. The van der Waals surface area contributed by atoms with E-state index in [0.717, 1.165) is 50.8 Å². The number of carbonyl (C=O) groups excluding carboxylic acids is 2. The van der Waals surface area contributed by atoms with Crippen LogP contribution in [0.25, 0.3) is 5.65 Å². The molecule has 0 atom stereocenters. The van der Waals surface area contributed by atoms with Crippen LogP contribution in [0.3, 0.4) is 0 Å². The number of carbonyl (C=O) groups is 2. The lowest BCUT2D eigenvalue weighted by Gasteiger charge is -2.30. The molecule has 6 rings (SSSR count). The minimum atomic E-state index is -0.340. The molecule has 12 heteroatoms. The SMILES string of the molecule is O=C(NCC1CC1)N[C@H]1CC[C@H](Nc2cc(NC3CC3)c3ncc(C(=O)Nc4ccnc(Cl)c4)n3n2)CC1. The number of imidazole rings is 1. The first-order valence-corrected chi connectivity index (χ1v) is 13.8. The van der Waals surface area contributed by atoms with Gasteiger partial charge in [-0.15, -0.1) is 5.10 Å². The van der Waals surface area contributed by atoms with Crippen molar-refractivity contribution in [1.82, 2.24) is 30.2 Å². The maximum Gasteiger partial charge on any atom is 0.315 e. The molecule has 11 nitrogen and oxygen atoms in total. The number of hydrogen-bond acceptors (Lipinski definition) is 7. The van der Waals surface area contributed by atoms with E-state index in [-0.39, 0.29) is 24.0 Å². The second-order valence-corrected chi connectivity index (χ2v) is 10.9. The molecule has 0 aliphatic heterocycles. The predicted octanol–water partition coefficient (Wildman–Crippen LogP) is 4.04. The van der Waals surface area contributed by atoms with Crippen LogP contribution in [-0.4, -0.2) is 56.2 Å². The molecular formula is C26H32ClN9O2. The molecule has 3 aliphatic carbocycles. The summed E-state index contributed by atoms with van der Waals surface area (Å²) in [5.74, 6) is 1.01. The van der Waals surface area contributed by atoms with E-state index in [2.05, 4.69) is 36.6 Å². The minimum Gasteiger partial charge on any atom is -0.379 e. The van der Waals surface area contributed by atoms with E-state index in [1.165, 1.54) is 25.2 Å². The third kappa shape index (κ3) is 6.09. The summed E-state index contributed by atoms with van der Waals surface area (Å²) in [7, 11) is 0. The third-order valence-electron chi connectivity index (χ3n) is 7.28. The summed E-state index contributed by atoms with van der Waals surface area (Å²) in [6.45, 7) is 0.776. The fourth-order valence-corrected chi connectivity index (χ4v) is 4.98. The van der Waals surface area contributed by atoms with Crippen LogP contribution >= 0.6 is 11.6 Å². The zero-order chi connectivity index (χ0) is 26.1. The van der Waals surface area contributed by atoms with Crippen molar-refractivity contribution in [2.45, 2.75) is 69.5 Å². The normalized spacial score (nSPS) is 21.1. The van der Waals surface area contributed by atoms with Crippen molar-refractivity contribution in [2.75, 3.05) is 22.5 Å². The summed E-state index contributed by atoms with van der Waals surface area (Å²) in [6.07, 6.45) is 11.4. The van der Waals surface area contributed by atoms with Crippen LogP contribution in [0.2, 0.25) is 5.15 Å². The highest BCUT2D eigenvalue weighted by Crippen LogP contribution is 2.30. The molecule has 3 saturated carbocycles. The third-order valence-corrected chi connectivity index (χ3v) is 7.49. The van der Waals surface area contributed by atoms with E-state index < -0.39 is 0 Å². The molecule has 0 radical (unpaired) electrons. The number of fused-ring (bicyclic) bond motifs is 1. The van der Waals surface area contributed by atoms with Gasteiger partial charge in [0.15, 0.2) is 11.3 Å². The molecule has 0 unspecified atom stereocenters. The number of urea groups is 1. The number of nitrogens with zero attached hydrogens (tertiary/aromatic N) is 4. The van der Waals surface area contributed by atoms with Crippen molar-refractivity contribution in [2.24, 2.45) is 5.92 Å². The number of pyridine rings is 1. The van der Waals surface area contributed by atoms with Crippen molar-refractivity contribution in [3.8, 4) is 0 Å². The van der Waals surface area contributed by atoms with Gasteiger partial charge in [-0.1, -0.05) is 11.6 Å². The number of amides is 3. The Kier molecular flexibility index (Phi) is 6.92. The van der Waals surface area contributed by atoms with E-state index in [4.69, 9.17) is 16.7 Å². The Morgan fingerprint density at radius 3 is 2.42 bits per heavy atom. The molecule has 3 aliphatic rings. The minimum absolute atomic E-state index is 0.0591. The molecule has 5 N–H and O–H groups in total. The summed E-state index contributed by atoms with van der Waals surface area (Å²) in [5, 5.41) is 21.1. The van der Waals surface area contributed by atoms with Crippen LogP contribution in [0.4, 0.5) is 22.0 Å². The van der Waals surface area contributed by atoms with Gasteiger partial charge in [0.05, 0.1) is 11.9 Å². The number of aromatic nitrogens is 4. The lowest BCUT2D eigenvalue weighted by atomic mass is 9.91. The molecule has 3 aromatic rings. The average Bonchev–Trinajstić information content (AvgIpc) is 3.83. The Labute approximate surface area is 225 Å². The topological polar surface area (TPSA) is 137 Å². The van der Waals surface area contributed by atoms with Crippen LogP contribution in [0, 0.1) is 5.92 Å². The molecule has 3 heterocycles. The first-order valence-electron chi connectivity index (χ1n) is 13.4. The highest BCUT2D eigenvalue weighted by atomic mass is 35.5. The van der Waals surface area contributed by atoms with Gasteiger partial charge in [0.2, 0.25) is 0 Å². The molecule has 0 aromatic carbocycles. The summed E-state index contributed by atoms with van der Waals surface area (Å²) in [4.78, 5) is 33.7. The van der Waals surface area contributed by atoms with E-state index in [9.17, 15) is 9.59 Å². The standard InChI is InChI=1S/C26H32ClN9O2/c27-22-11-19(9-10-28-22)33-25(37)21-14-29-24-20(31-16-3-4-16)12-23(35-36(21)24)32-17-5-7-18(8-6-17)34-26(38)30-13-15-1-2-15/h9-12,14-18,31H,1-8,13H2,(H,32,35)(H,28,33,37)(H2,30,34,38)/t17-,18-. The van der Waals surface area contributed by atoms with Gasteiger partial charge in [-0.25, -0.2) is 19.3 Å². The van der Waals surface area contributed by atoms with Crippen molar-refractivity contribution >= 4 is 46.4 Å². The van der Waals surface area contributed by atoms with E-state index in [1.807, 2.05) is 6.07 Å². The lowest BCUT2D eigenvalue weighted by Crippen LogP contribution is -2.45. The predicted molar refractivity (Wildman–Crippen MR) is 146 cm³/mol. The Morgan fingerprint density at radius 1 is 0.947 bits per heavy atom. The molecule has 0 saturated heterocycles. The van der Waals surface area contributed by atoms with Crippen molar-refractivity contribution in [3.63, 3.8) is 0 Å². The lowest BCUT2D eigenvalue weighted by molar-refractivity contribution is 0.102. The van der Waals surface area contributed by atoms with Gasteiger partial charge >= 0.3 is 6.03 Å². The van der Waals surface area contributed by atoms with Gasteiger partial charge in [0.25, 0.3) is 5.91 Å². The summed E-state index contributed by atoms with van der Waals surface area (Å²) in [6, 6.07) is 5.99. The van der Waals surface area contributed by atoms with Crippen molar-refractivity contribution in [1.29, 1.82) is 0 Å². The number of halogens is 1. The van der Waals surface area contributed by atoms with E-state index in [1.54, 1.807) is 16.6 Å². The highest BCUT2D eigenvalue weighted by molar-refractivity contribution is 6.29. The number of rotatable bonds is 9. The Balaban J connectivity index is 1.14. The fourth-order valence-electron chi connectivity index (χ4n) is 4.81. The number of anilines is 3. The highest BCUT2D eigenvalue weighted by Gasteiger charge is 2.27. The molecule has 3 fully saturated rings. The van der Waals surface area contributed by atoms with Crippen LogP contribution in [0.5, 0.6) is 0 Å². The Morgan fingerprint density at radius 2 is 1.68 bits per heavy atom. The molecule has 38 heavy (non-hydrogen) atoms. The zero-order valence-electron chi connectivity index (χ0n) is 21.0. The van der Waals surface area contributed by atoms with Gasteiger partial charge < -0.3 is 26.6 Å². The van der Waals surface area contributed by atoms with Crippen LogP contribution < -0.4 is 26.6 Å². The van der Waals surface area contributed by atoms with Crippen LogP contribution in [0.1, 0.15) is 61.9 Å². The molecule has 3 aromatic heterocycles. The van der Waals surface area contributed by atoms with Gasteiger partial charge in [0, 0.05) is 42.6 Å². The van der Waals surface area contributed by atoms with Gasteiger partial charge in [-0.05, 0) is 69.4 Å². The maximum atomic E-state index is 13.1.